The molecule has 3 rings (SSSR count). The first-order valence-corrected chi connectivity index (χ1v) is 7.64. The lowest BCUT2D eigenvalue weighted by Gasteiger charge is -2.39. The molecular formula is C17H25NO2. The van der Waals surface area contributed by atoms with Crippen LogP contribution < -0.4 is 5.73 Å². The van der Waals surface area contributed by atoms with Crippen molar-refractivity contribution in [2.24, 2.45) is 11.7 Å². The van der Waals surface area contributed by atoms with E-state index in [9.17, 15) is 0 Å². The maximum absolute atomic E-state index is 6.58. The minimum atomic E-state index is -0.0564. The highest BCUT2D eigenvalue weighted by molar-refractivity contribution is 5.33. The van der Waals surface area contributed by atoms with E-state index in [1.807, 2.05) is 0 Å². The molecule has 20 heavy (non-hydrogen) atoms. The van der Waals surface area contributed by atoms with Crippen molar-refractivity contribution < 1.29 is 9.47 Å². The summed E-state index contributed by atoms with van der Waals surface area (Å²) in [6.07, 6.45) is 3.10. The number of rotatable bonds is 2. The van der Waals surface area contributed by atoms with E-state index < -0.39 is 0 Å². The molecule has 110 valence electrons. The summed E-state index contributed by atoms with van der Waals surface area (Å²) in [4.78, 5) is 0. The zero-order valence-electron chi connectivity index (χ0n) is 12.5. The van der Waals surface area contributed by atoms with Crippen molar-refractivity contribution in [1.29, 1.82) is 0 Å². The highest BCUT2D eigenvalue weighted by atomic mass is 16.6. The van der Waals surface area contributed by atoms with E-state index in [1.165, 1.54) is 16.7 Å². The fraction of sp³-hybridized carbons (Fsp3) is 0.647. The standard InChI is InChI=1S/C17H25NO2/c1-12-3-4-15(13(2)9-12)16(18)14-5-7-20-17(10-14)6-8-19-11-17/h3-4,9,14,16H,5-8,10-11,18H2,1-2H3. The van der Waals surface area contributed by atoms with Crippen LogP contribution in [0, 0.1) is 19.8 Å². The first-order chi connectivity index (χ1) is 9.60. The molecule has 0 radical (unpaired) electrons. The summed E-state index contributed by atoms with van der Waals surface area (Å²) >= 11 is 0. The average Bonchev–Trinajstić information content (AvgIpc) is 2.86. The molecule has 3 unspecified atom stereocenters. The predicted molar refractivity (Wildman–Crippen MR) is 79.7 cm³/mol. The van der Waals surface area contributed by atoms with E-state index in [-0.39, 0.29) is 11.6 Å². The topological polar surface area (TPSA) is 44.5 Å². The summed E-state index contributed by atoms with van der Waals surface area (Å²) in [5.41, 5.74) is 10.4. The Hall–Kier alpha value is -0.900. The Morgan fingerprint density at radius 3 is 2.85 bits per heavy atom. The van der Waals surface area contributed by atoms with Crippen LogP contribution in [0.15, 0.2) is 18.2 Å². The van der Waals surface area contributed by atoms with Crippen LogP contribution in [0.3, 0.4) is 0 Å². The lowest BCUT2D eigenvalue weighted by atomic mass is 9.78. The molecule has 2 fully saturated rings. The third kappa shape index (κ3) is 2.62. The van der Waals surface area contributed by atoms with E-state index >= 15 is 0 Å². The maximum Gasteiger partial charge on any atom is 0.0940 e. The molecule has 3 heteroatoms. The minimum Gasteiger partial charge on any atom is -0.378 e. The quantitative estimate of drug-likeness (QED) is 0.902. The molecule has 3 nitrogen and oxygen atoms in total. The Morgan fingerprint density at radius 2 is 2.15 bits per heavy atom. The van der Waals surface area contributed by atoms with Crippen LogP contribution in [0.2, 0.25) is 0 Å². The molecule has 0 amide bonds. The summed E-state index contributed by atoms with van der Waals surface area (Å²) in [5, 5.41) is 0. The number of aryl methyl sites for hydroxylation is 2. The number of hydrogen-bond donors (Lipinski definition) is 1. The number of ether oxygens (including phenoxy) is 2. The predicted octanol–water partition coefficient (Wildman–Crippen LogP) is 2.89. The van der Waals surface area contributed by atoms with Gasteiger partial charge in [-0.3, -0.25) is 0 Å². The number of nitrogens with two attached hydrogens (primary N) is 1. The Kier molecular flexibility index (Phi) is 3.85. The van der Waals surface area contributed by atoms with Crippen molar-refractivity contribution in [2.75, 3.05) is 19.8 Å². The average molecular weight is 275 g/mol. The Morgan fingerprint density at radius 1 is 1.30 bits per heavy atom. The molecule has 2 N–H and O–H groups in total. The summed E-state index contributed by atoms with van der Waals surface area (Å²) in [7, 11) is 0. The van der Waals surface area contributed by atoms with Gasteiger partial charge in [0.1, 0.15) is 0 Å². The molecule has 2 aliphatic rings. The van der Waals surface area contributed by atoms with Gasteiger partial charge in [-0.25, -0.2) is 0 Å². The van der Waals surface area contributed by atoms with Gasteiger partial charge in [0.15, 0.2) is 0 Å². The van der Waals surface area contributed by atoms with Gasteiger partial charge in [-0.1, -0.05) is 23.8 Å². The summed E-state index contributed by atoms with van der Waals surface area (Å²) in [6.45, 7) is 6.67. The monoisotopic (exact) mass is 275 g/mol. The van der Waals surface area contributed by atoms with Gasteiger partial charge in [0.05, 0.1) is 12.2 Å². The SMILES string of the molecule is Cc1ccc(C(N)C2CCOC3(CCOC3)C2)c(C)c1. The highest BCUT2D eigenvalue weighted by Crippen LogP contribution is 2.40. The zero-order chi connectivity index (χ0) is 14.2. The minimum absolute atomic E-state index is 0.0564. The van der Waals surface area contributed by atoms with Crippen molar-refractivity contribution in [3.63, 3.8) is 0 Å². The first-order valence-electron chi connectivity index (χ1n) is 7.64. The molecule has 2 aliphatic heterocycles. The number of benzene rings is 1. The van der Waals surface area contributed by atoms with E-state index in [4.69, 9.17) is 15.2 Å². The molecule has 0 aliphatic carbocycles. The largest absolute Gasteiger partial charge is 0.378 e. The van der Waals surface area contributed by atoms with Crippen molar-refractivity contribution in [1.82, 2.24) is 0 Å². The second-order valence-corrected chi connectivity index (χ2v) is 6.47. The van der Waals surface area contributed by atoms with Gasteiger partial charge in [0.2, 0.25) is 0 Å². The first kappa shape index (κ1) is 14.1. The van der Waals surface area contributed by atoms with E-state index in [0.717, 1.165) is 39.1 Å². The van der Waals surface area contributed by atoms with Gasteiger partial charge in [-0.05, 0) is 43.7 Å². The third-order valence-corrected chi connectivity index (χ3v) is 4.89. The normalized spacial score (nSPS) is 31.6. The molecule has 3 atom stereocenters. The second kappa shape index (κ2) is 5.47. The van der Waals surface area contributed by atoms with Crippen LogP contribution in [-0.4, -0.2) is 25.4 Å². The van der Waals surface area contributed by atoms with Crippen LogP contribution in [-0.2, 0) is 9.47 Å². The molecule has 0 saturated carbocycles. The lowest BCUT2D eigenvalue weighted by molar-refractivity contribution is -0.101. The van der Waals surface area contributed by atoms with E-state index in [1.54, 1.807) is 0 Å². The zero-order valence-corrected chi connectivity index (χ0v) is 12.5. The van der Waals surface area contributed by atoms with Gasteiger partial charge in [-0.2, -0.15) is 0 Å². The Labute approximate surface area is 121 Å². The van der Waals surface area contributed by atoms with Crippen LogP contribution >= 0.6 is 0 Å². The van der Waals surface area contributed by atoms with Crippen LogP contribution in [0.1, 0.15) is 42.0 Å². The van der Waals surface area contributed by atoms with E-state index in [2.05, 4.69) is 32.0 Å². The van der Waals surface area contributed by atoms with E-state index in [0.29, 0.717) is 5.92 Å². The van der Waals surface area contributed by atoms with Crippen molar-refractivity contribution in [2.45, 2.75) is 44.8 Å². The van der Waals surface area contributed by atoms with Gasteiger partial charge >= 0.3 is 0 Å². The van der Waals surface area contributed by atoms with Crippen LogP contribution in [0.4, 0.5) is 0 Å². The Balaban J connectivity index is 1.77. The fourth-order valence-corrected chi connectivity index (χ4v) is 3.69. The van der Waals surface area contributed by atoms with Gasteiger partial charge in [-0.15, -0.1) is 0 Å². The smallest absolute Gasteiger partial charge is 0.0940 e. The Bertz CT molecular complexity index is 480. The van der Waals surface area contributed by atoms with Crippen molar-refractivity contribution >= 4 is 0 Å². The van der Waals surface area contributed by atoms with Crippen molar-refractivity contribution in [3.8, 4) is 0 Å². The molecule has 2 saturated heterocycles. The van der Waals surface area contributed by atoms with Crippen LogP contribution in [0.25, 0.3) is 0 Å². The molecule has 0 bridgehead atoms. The van der Waals surface area contributed by atoms with Gasteiger partial charge in [0, 0.05) is 25.7 Å². The fourth-order valence-electron chi connectivity index (χ4n) is 3.69. The highest BCUT2D eigenvalue weighted by Gasteiger charge is 2.42. The molecule has 0 aromatic heterocycles. The molecular weight excluding hydrogens is 250 g/mol. The molecule has 1 aromatic rings. The maximum atomic E-state index is 6.58. The third-order valence-electron chi connectivity index (χ3n) is 4.89. The van der Waals surface area contributed by atoms with Gasteiger partial charge < -0.3 is 15.2 Å². The van der Waals surface area contributed by atoms with Crippen LogP contribution in [0.5, 0.6) is 0 Å². The summed E-state index contributed by atoms with van der Waals surface area (Å²) in [6, 6.07) is 6.69. The second-order valence-electron chi connectivity index (χ2n) is 6.47. The molecule has 2 heterocycles. The molecule has 1 spiro atoms. The van der Waals surface area contributed by atoms with Gasteiger partial charge in [0.25, 0.3) is 0 Å². The number of hydrogen-bond acceptors (Lipinski definition) is 3. The summed E-state index contributed by atoms with van der Waals surface area (Å²) < 4.78 is 11.6. The van der Waals surface area contributed by atoms with Crippen molar-refractivity contribution in [3.05, 3.63) is 34.9 Å². The lowest BCUT2D eigenvalue weighted by Crippen LogP contribution is -2.43. The molecule has 1 aromatic carbocycles. The summed E-state index contributed by atoms with van der Waals surface area (Å²) in [5.74, 6) is 0.492.